The molecular formula is C36H43N9O. The highest BCUT2D eigenvalue weighted by atomic mass is 16.2. The summed E-state index contributed by atoms with van der Waals surface area (Å²) in [7, 11) is 1.99. The van der Waals surface area contributed by atoms with Crippen LogP contribution < -0.4 is 11.1 Å². The largest absolute Gasteiger partial charge is 0.383 e. The number of anilines is 1. The second kappa shape index (κ2) is 13.3. The minimum Gasteiger partial charge on any atom is -0.383 e. The summed E-state index contributed by atoms with van der Waals surface area (Å²) >= 11 is 0. The van der Waals surface area contributed by atoms with E-state index < -0.39 is 0 Å². The number of hydrogen-bond donors (Lipinski definition) is 2. The van der Waals surface area contributed by atoms with E-state index in [0.717, 1.165) is 72.8 Å². The molecule has 46 heavy (non-hydrogen) atoms. The molecule has 1 saturated heterocycles. The van der Waals surface area contributed by atoms with Crippen LogP contribution in [-0.2, 0) is 17.6 Å². The summed E-state index contributed by atoms with van der Waals surface area (Å²) in [4.78, 5) is 27.9. The monoisotopic (exact) mass is 617 g/mol. The molecule has 7 rings (SSSR count). The summed E-state index contributed by atoms with van der Waals surface area (Å²) < 4.78 is 3.83. The van der Waals surface area contributed by atoms with Gasteiger partial charge in [-0.3, -0.25) is 9.36 Å². The number of hydrogen-bond acceptors (Lipinski definition) is 7. The molecule has 1 aliphatic carbocycles. The van der Waals surface area contributed by atoms with Crippen LogP contribution in [0.1, 0.15) is 51.2 Å². The molecule has 0 saturated carbocycles. The number of likely N-dealkylation sites (tertiary alicyclic amines) is 1. The number of benzene rings is 1. The minimum absolute atomic E-state index is 0.0823. The molecule has 0 bridgehead atoms. The molecule has 10 heteroatoms. The maximum atomic E-state index is 11.9. The van der Waals surface area contributed by atoms with Crippen LogP contribution >= 0.6 is 0 Å². The van der Waals surface area contributed by atoms with E-state index in [1.165, 1.54) is 17.5 Å². The van der Waals surface area contributed by atoms with E-state index in [4.69, 9.17) is 15.7 Å². The molecule has 10 nitrogen and oxygen atoms in total. The first-order valence-corrected chi connectivity index (χ1v) is 16.1. The van der Waals surface area contributed by atoms with Gasteiger partial charge in [0, 0.05) is 43.4 Å². The predicted octanol–water partition coefficient (Wildman–Crippen LogP) is 5.54. The van der Waals surface area contributed by atoms with Gasteiger partial charge in [-0.2, -0.15) is 5.10 Å². The van der Waals surface area contributed by atoms with Gasteiger partial charge in [-0.25, -0.2) is 19.6 Å². The number of carbonyl (C=O) groups is 1. The Bertz CT molecular complexity index is 1840. The molecule has 5 heterocycles. The van der Waals surface area contributed by atoms with Crippen LogP contribution in [-0.4, -0.2) is 66.3 Å². The topological polar surface area (TPSA) is 120 Å². The van der Waals surface area contributed by atoms with Crippen LogP contribution in [0.2, 0.25) is 0 Å². The zero-order valence-corrected chi connectivity index (χ0v) is 27.1. The summed E-state index contributed by atoms with van der Waals surface area (Å²) in [5, 5.41) is 7.58. The number of rotatable bonds is 5. The lowest BCUT2D eigenvalue weighted by molar-refractivity contribution is -0.127. The van der Waals surface area contributed by atoms with E-state index in [1.54, 1.807) is 23.2 Å². The number of nitrogens with two attached hydrogens (primary N) is 1. The van der Waals surface area contributed by atoms with Crippen molar-refractivity contribution in [2.45, 2.75) is 58.9 Å². The number of aromatic nitrogens is 6. The fraction of sp³-hybridized carbons (Fsp3) is 0.361. The Morgan fingerprint density at radius 3 is 2.52 bits per heavy atom. The Morgan fingerprint density at radius 2 is 1.80 bits per heavy atom. The number of nitrogens with zero attached hydrogens (tertiary/aromatic N) is 7. The Balaban J connectivity index is 0.000000198. The summed E-state index contributed by atoms with van der Waals surface area (Å²) in [6, 6.07) is 16.8. The zero-order valence-electron chi connectivity index (χ0n) is 27.1. The van der Waals surface area contributed by atoms with Gasteiger partial charge in [0.05, 0.1) is 5.56 Å². The van der Waals surface area contributed by atoms with Gasteiger partial charge in [0.15, 0.2) is 17.3 Å². The number of fused-ring (bicyclic) bond motifs is 2. The lowest BCUT2D eigenvalue weighted by Crippen LogP contribution is -2.43. The molecule has 1 aromatic carbocycles. The Morgan fingerprint density at radius 1 is 1.00 bits per heavy atom. The molecule has 0 radical (unpaired) electrons. The summed E-state index contributed by atoms with van der Waals surface area (Å²) in [5.41, 5.74) is 12.5. The molecule has 0 unspecified atom stereocenters. The van der Waals surface area contributed by atoms with Crippen LogP contribution in [0.4, 0.5) is 5.82 Å². The van der Waals surface area contributed by atoms with E-state index in [9.17, 15) is 4.79 Å². The van der Waals surface area contributed by atoms with Crippen LogP contribution in [0.3, 0.4) is 0 Å². The summed E-state index contributed by atoms with van der Waals surface area (Å²) in [6.45, 7) is 8.05. The van der Waals surface area contributed by atoms with Gasteiger partial charge < -0.3 is 16.0 Å². The molecule has 1 amide bonds. The van der Waals surface area contributed by atoms with E-state index in [1.807, 2.05) is 54.6 Å². The third-order valence-corrected chi connectivity index (χ3v) is 8.59. The summed E-state index contributed by atoms with van der Waals surface area (Å²) in [6.07, 6.45) is 14.6. The summed E-state index contributed by atoms with van der Waals surface area (Å²) in [5.74, 6) is 2.08. The van der Waals surface area contributed by atoms with E-state index in [2.05, 4.69) is 58.9 Å². The number of amides is 1. The average Bonchev–Trinajstić information content (AvgIpc) is 3.83. The molecule has 5 aromatic rings. The molecule has 2 aliphatic rings. The first kappa shape index (κ1) is 31.2. The molecule has 238 valence electrons. The van der Waals surface area contributed by atoms with Crippen molar-refractivity contribution in [2.24, 2.45) is 5.41 Å². The van der Waals surface area contributed by atoms with Gasteiger partial charge in [0.25, 0.3) is 0 Å². The van der Waals surface area contributed by atoms with Crippen LogP contribution in [0, 0.1) is 5.41 Å². The third-order valence-electron chi connectivity index (χ3n) is 8.59. The SMILES string of the molecule is CNC1CCN(C(=O)/C=C/C(C)(C)C)CC1.Nc1ncccc1-c1nc2ccc(-n3cccn3)nc2n1-c1ccc2c(c1)CCC2. The molecule has 1 aliphatic heterocycles. The number of carbonyl (C=O) groups excluding carboxylic acids is 1. The highest BCUT2D eigenvalue weighted by Crippen LogP contribution is 2.33. The fourth-order valence-electron chi connectivity index (χ4n) is 6.02. The van der Waals surface area contributed by atoms with Crippen molar-refractivity contribution in [3.8, 4) is 22.9 Å². The maximum Gasteiger partial charge on any atom is 0.246 e. The molecule has 1 fully saturated rings. The third kappa shape index (κ3) is 6.87. The van der Waals surface area contributed by atoms with Crippen molar-refractivity contribution < 1.29 is 4.79 Å². The van der Waals surface area contributed by atoms with Gasteiger partial charge in [-0.15, -0.1) is 0 Å². The van der Waals surface area contributed by atoms with E-state index in [0.29, 0.717) is 11.9 Å². The number of aryl methyl sites for hydroxylation is 2. The highest BCUT2D eigenvalue weighted by Gasteiger charge is 2.22. The van der Waals surface area contributed by atoms with Crippen LogP contribution in [0.5, 0.6) is 0 Å². The number of nitrogen functional groups attached to an aromatic ring is 1. The van der Waals surface area contributed by atoms with Crippen molar-refractivity contribution in [3.63, 3.8) is 0 Å². The van der Waals surface area contributed by atoms with Crippen molar-refractivity contribution in [2.75, 3.05) is 25.9 Å². The highest BCUT2D eigenvalue weighted by molar-refractivity contribution is 5.87. The Hall–Kier alpha value is -4.83. The van der Waals surface area contributed by atoms with Crippen LogP contribution in [0.25, 0.3) is 34.1 Å². The number of nitrogens with one attached hydrogen (secondary N) is 1. The first-order chi connectivity index (χ1) is 22.2. The normalized spacial score (nSPS) is 15.3. The standard InChI is InChI=1S/C23H19N7.C13H24N2O/c24-21-18(6-2-11-25-21)22-27-19-9-10-20(29-13-3-12-26-29)28-23(19)30(22)17-8-7-15-4-1-5-16(15)14-17;1-13(2,3)8-5-12(16)15-9-6-11(14-4)7-10-15/h2-3,6-14H,1,4-5H2,(H2,24,25);5,8,11,14H,6-7,9-10H2,1-4H3/b;8-5+. The zero-order chi connectivity index (χ0) is 32.3. The average molecular weight is 618 g/mol. The number of pyridine rings is 2. The predicted molar refractivity (Wildman–Crippen MR) is 183 cm³/mol. The van der Waals surface area contributed by atoms with E-state index in [-0.39, 0.29) is 11.3 Å². The van der Waals surface area contributed by atoms with Crippen molar-refractivity contribution in [1.82, 2.24) is 39.5 Å². The molecular weight excluding hydrogens is 574 g/mol. The van der Waals surface area contributed by atoms with Crippen molar-refractivity contribution >= 4 is 22.9 Å². The molecule has 0 atom stereocenters. The van der Waals surface area contributed by atoms with Gasteiger partial charge in [-0.1, -0.05) is 32.9 Å². The Labute approximate surface area is 270 Å². The fourth-order valence-corrected chi connectivity index (χ4v) is 6.02. The molecule has 0 spiro atoms. The lowest BCUT2D eigenvalue weighted by Gasteiger charge is -2.31. The Kier molecular flexibility index (Phi) is 8.99. The molecule has 3 N–H and O–H groups in total. The van der Waals surface area contributed by atoms with Gasteiger partial charge in [-0.05, 0) is 104 Å². The number of allylic oxidation sites excluding steroid dienone is 1. The van der Waals surface area contributed by atoms with Gasteiger partial charge in [0.1, 0.15) is 11.3 Å². The second-order valence-corrected chi connectivity index (χ2v) is 13.1. The smallest absolute Gasteiger partial charge is 0.246 e. The van der Waals surface area contributed by atoms with Crippen LogP contribution in [0.15, 0.2) is 79.3 Å². The molecule has 4 aromatic heterocycles. The van der Waals surface area contributed by atoms with Gasteiger partial charge in [0.2, 0.25) is 5.91 Å². The quantitative estimate of drug-likeness (QED) is 0.249. The number of piperidine rings is 1. The van der Waals surface area contributed by atoms with E-state index >= 15 is 0 Å². The second-order valence-electron chi connectivity index (χ2n) is 13.1. The van der Waals surface area contributed by atoms with Gasteiger partial charge >= 0.3 is 0 Å². The van der Waals surface area contributed by atoms with Crippen molar-refractivity contribution in [1.29, 1.82) is 0 Å². The first-order valence-electron chi connectivity index (χ1n) is 16.1. The minimum atomic E-state index is 0.0823. The lowest BCUT2D eigenvalue weighted by atomic mass is 9.96. The number of imidazole rings is 1. The maximum absolute atomic E-state index is 11.9. The van der Waals surface area contributed by atoms with Crippen molar-refractivity contribution in [3.05, 3.63) is 90.4 Å².